The van der Waals surface area contributed by atoms with E-state index in [2.05, 4.69) is 10.6 Å². The molecule has 1 aromatic rings. The average Bonchev–Trinajstić information content (AvgIpc) is 2.41. The van der Waals surface area contributed by atoms with Crippen molar-refractivity contribution in [2.24, 2.45) is 0 Å². The molecule has 1 rings (SSSR count). The van der Waals surface area contributed by atoms with Gasteiger partial charge in [0.2, 0.25) is 5.91 Å². The Morgan fingerprint density at radius 1 is 1.05 bits per heavy atom. The van der Waals surface area contributed by atoms with Crippen LogP contribution in [-0.4, -0.2) is 36.0 Å². The second kappa shape index (κ2) is 6.88. The van der Waals surface area contributed by atoms with Crippen molar-refractivity contribution in [3.8, 4) is 0 Å². The zero-order valence-electron chi connectivity index (χ0n) is 12.4. The van der Waals surface area contributed by atoms with Crippen LogP contribution in [0, 0.1) is 0 Å². The molecule has 21 heavy (non-hydrogen) atoms. The standard InChI is InChI=1S/C15H20N2O4/c1-15(2,3)11-7-5-4-6-10(11)14(21)17-8-12(18)16-9-13(19)20/h4-7H,8-9H2,1-3H3,(H,16,18)(H,17,21)(H,19,20). The monoisotopic (exact) mass is 292 g/mol. The molecule has 0 aliphatic heterocycles. The quantitative estimate of drug-likeness (QED) is 0.752. The molecule has 0 fully saturated rings. The molecule has 0 aliphatic carbocycles. The minimum absolute atomic E-state index is 0.195. The Hall–Kier alpha value is -2.37. The second-order valence-electron chi connectivity index (χ2n) is 5.65. The van der Waals surface area contributed by atoms with Crippen LogP contribution >= 0.6 is 0 Å². The highest BCUT2D eigenvalue weighted by molar-refractivity contribution is 5.98. The zero-order valence-corrected chi connectivity index (χ0v) is 12.4. The Morgan fingerprint density at radius 2 is 1.67 bits per heavy atom. The van der Waals surface area contributed by atoms with Crippen LogP contribution in [0.4, 0.5) is 0 Å². The number of carbonyl (C=O) groups excluding carboxylic acids is 2. The van der Waals surface area contributed by atoms with Crippen molar-refractivity contribution in [2.45, 2.75) is 26.2 Å². The van der Waals surface area contributed by atoms with Crippen molar-refractivity contribution < 1.29 is 19.5 Å². The molecule has 6 nitrogen and oxygen atoms in total. The summed E-state index contributed by atoms with van der Waals surface area (Å²) in [5, 5.41) is 13.1. The Bertz CT molecular complexity index is 547. The van der Waals surface area contributed by atoms with Gasteiger partial charge in [-0.2, -0.15) is 0 Å². The van der Waals surface area contributed by atoms with Gasteiger partial charge >= 0.3 is 5.97 Å². The minimum atomic E-state index is -1.13. The van der Waals surface area contributed by atoms with E-state index >= 15 is 0 Å². The fourth-order valence-corrected chi connectivity index (χ4v) is 1.83. The van der Waals surface area contributed by atoms with Crippen LogP contribution in [0.15, 0.2) is 24.3 Å². The van der Waals surface area contributed by atoms with Gasteiger partial charge in [-0.05, 0) is 17.0 Å². The van der Waals surface area contributed by atoms with E-state index in [1.807, 2.05) is 32.9 Å². The van der Waals surface area contributed by atoms with Gasteiger partial charge in [-0.25, -0.2) is 0 Å². The molecule has 0 aliphatic rings. The molecule has 0 radical (unpaired) electrons. The molecule has 0 heterocycles. The molecule has 0 bridgehead atoms. The van der Waals surface area contributed by atoms with Crippen LogP contribution in [0.2, 0.25) is 0 Å². The van der Waals surface area contributed by atoms with E-state index in [1.165, 1.54) is 0 Å². The van der Waals surface area contributed by atoms with Crippen molar-refractivity contribution in [1.82, 2.24) is 10.6 Å². The first-order valence-corrected chi connectivity index (χ1v) is 6.58. The molecule has 2 amide bonds. The van der Waals surface area contributed by atoms with Crippen molar-refractivity contribution in [2.75, 3.05) is 13.1 Å². The lowest BCUT2D eigenvalue weighted by Crippen LogP contribution is -2.39. The molecule has 0 saturated carbocycles. The van der Waals surface area contributed by atoms with Crippen molar-refractivity contribution in [3.05, 3.63) is 35.4 Å². The molecule has 114 valence electrons. The largest absolute Gasteiger partial charge is 0.480 e. The summed E-state index contributed by atoms with van der Waals surface area (Å²) in [6, 6.07) is 7.19. The fourth-order valence-electron chi connectivity index (χ4n) is 1.83. The number of benzene rings is 1. The maximum absolute atomic E-state index is 12.1. The van der Waals surface area contributed by atoms with Gasteiger partial charge in [0, 0.05) is 5.56 Å². The number of amides is 2. The molecule has 3 N–H and O–H groups in total. The molecular weight excluding hydrogens is 272 g/mol. The Morgan fingerprint density at radius 3 is 2.24 bits per heavy atom. The first-order chi connectivity index (χ1) is 9.71. The lowest BCUT2D eigenvalue weighted by atomic mass is 9.83. The van der Waals surface area contributed by atoms with E-state index < -0.39 is 18.4 Å². The van der Waals surface area contributed by atoms with Gasteiger partial charge in [0.1, 0.15) is 6.54 Å². The lowest BCUT2D eigenvalue weighted by Gasteiger charge is -2.22. The summed E-state index contributed by atoms with van der Waals surface area (Å²) in [6.45, 7) is 5.27. The van der Waals surface area contributed by atoms with Gasteiger partial charge in [-0.3, -0.25) is 14.4 Å². The third-order valence-electron chi connectivity index (χ3n) is 2.83. The number of rotatable bonds is 5. The number of carbonyl (C=O) groups is 3. The van der Waals surface area contributed by atoms with E-state index in [1.54, 1.807) is 12.1 Å². The fraction of sp³-hybridized carbons (Fsp3) is 0.400. The Labute approximate surface area is 123 Å². The highest BCUT2D eigenvalue weighted by Crippen LogP contribution is 2.25. The Balaban J connectivity index is 2.69. The van der Waals surface area contributed by atoms with Gasteiger partial charge in [-0.1, -0.05) is 39.0 Å². The summed E-state index contributed by atoms with van der Waals surface area (Å²) in [4.78, 5) is 33.8. The van der Waals surface area contributed by atoms with Gasteiger partial charge in [0.15, 0.2) is 0 Å². The van der Waals surface area contributed by atoms with Crippen LogP contribution in [0.1, 0.15) is 36.7 Å². The number of aliphatic carboxylic acids is 1. The van der Waals surface area contributed by atoms with Gasteiger partial charge in [0.25, 0.3) is 5.91 Å². The topological polar surface area (TPSA) is 95.5 Å². The summed E-state index contributed by atoms with van der Waals surface area (Å²) >= 11 is 0. The second-order valence-corrected chi connectivity index (χ2v) is 5.65. The van der Waals surface area contributed by atoms with E-state index in [0.29, 0.717) is 5.56 Å². The molecule has 0 atom stereocenters. The van der Waals surface area contributed by atoms with Crippen molar-refractivity contribution in [3.63, 3.8) is 0 Å². The molecule has 0 saturated heterocycles. The van der Waals surface area contributed by atoms with Gasteiger partial charge in [-0.15, -0.1) is 0 Å². The van der Waals surface area contributed by atoms with E-state index in [0.717, 1.165) is 5.56 Å². The first-order valence-electron chi connectivity index (χ1n) is 6.58. The van der Waals surface area contributed by atoms with Crippen LogP contribution in [-0.2, 0) is 15.0 Å². The van der Waals surface area contributed by atoms with Gasteiger partial charge < -0.3 is 15.7 Å². The summed E-state index contributed by atoms with van der Waals surface area (Å²) in [5.41, 5.74) is 1.20. The predicted octanol–water partition coefficient (Wildman–Crippen LogP) is 0.915. The predicted molar refractivity (Wildman–Crippen MR) is 78.1 cm³/mol. The summed E-state index contributed by atoms with van der Waals surface area (Å²) in [6.07, 6.45) is 0. The normalized spacial score (nSPS) is 10.8. The SMILES string of the molecule is CC(C)(C)c1ccccc1C(=O)NCC(=O)NCC(=O)O. The van der Waals surface area contributed by atoms with Crippen molar-refractivity contribution >= 4 is 17.8 Å². The van der Waals surface area contributed by atoms with E-state index in [4.69, 9.17) is 5.11 Å². The maximum Gasteiger partial charge on any atom is 0.322 e. The average molecular weight is 292 g/mol. The molecule has 1 aromatic carbocycles. The zero-order chi connectivity index (χ0) is 16.0. The molecule has 0 spiro atoms. The number of hydrogen-bond donors (Lipinski definition) is 3. The van der Waals surface area contributed by atoms with Crippen LogP contribution in [0.5, 0.6) is 0 Å². The first kappa shape index (κ1) is 16.7. The minimum Gasteiger partial charge on any atom is -0.480 e. The van der Waals surface area contributed by atoms with Crippen molar-refractivity contribution in [1.29, 1.82) is 0 Å². The number of carboxylic acids is 1. The van der Waals surface area contributed by atoms with Crippen LogP contribution < -0.4 is 10.6 Å². The number of hydrogen-bond acceptors (Lipinski definition) is 3. The molecule has 0 unspecified atom stereocenters. The molecule has 6 heteroatoms. The smallest absolute Gasteiger partial charge is 0.322 e. The lowest BCUT2D eigenvalue weighted by molar-refractivity contribution is -0.137. The third-order valence-corrected chi connectivity index (χ3v) is 2.83. The van der Waals surface area contributed by atoms with Gasteiger partial charge in [0.05, 0.1) is 6.54 Å². The van der Waals surface area contributed by atoms with E-state index in [-0.39, 0.29) is 17.9 Å². The molecular formula is C15H20N2O4. The summed E-state index contributed by atoms with van der Waals surface area (Å²) in [7, 11) is 0. The number of carboxylic acid groups (broad SMARTS) is 1. The number of nitrogens with one attached hydrogen (secondary N) is 2. The Kier molecular flexibility index (Phi) is 5.46. The highest BCUT2D eigenvalue weighted by Gasteiger charge is 2.21. The summed E-state index contributed by atoms with van der Waals surface area (Å²) < 4.78 is 0. The third kappa shape index (κ3) is 5.25. The summed E-state index contributed by atoms with van der Waals surface area (Å²) in [5.74, 6) is -2.03. The highest BCUT2D eigenvalue weighted by atomic mass is 16.4. The van der Waals surface area contributed by atoms with Crippen LogP contribution in [0.25, 0.3) is 0 Å². The van der Waals surface area contributed by atoms with E-state index in [9.17, 15) is 14.4 Å². The van der Waals surface area contributed by atoms with Crippen LogP contribution in [0.3, 0.4) is 0 Å². The maximum atomic E-state index is 12.1. The molecule has 0 aromatic heterocycles.